The summed E-state index contributed by atoms with van der Waals surface area (Å²) in [5.74, 6) is 0. The fourth-order valence-corrected chi connectivity index (χ4v) is 2.39. The smallest absolute Gasteiger partial charge is 0.0638 e. The summed E-state index contributed by atoms with van der Waals surface area (Å²) < 4.78 is 0. The van der Waals surface area contributed by atoms with E-state index in [1.54, 1.807) is 0 Å². The molecule has 1 aromatic rings. The third-order valence-electron chi connectivity index (χ3n) is 3.45. The molecule has 1 aliphatic heterocycles. The van der Waals surface area contributed by atoms with Crippen LogP contribution < -0.4 is 5.32 Å². The molecular formula is C14H19N3. The van der Waals surface area contributed by atoms with E-state index in [0.717, 1.165) is 19.6 Å². The van der Waals surface area contributed by atoms with E-state index < -0.39 is 0 Å². The summed E-state index contributed by atoms with van der Waals surface area (Å²) in [6, 6.07) is 13.6. The van der Waals surface area contributed by atoms with E-state index in [2.05, 4.69) is 47.5 Å². The molecule has 2 atom stereocenters. The molecule has 1 aliphatic rings. The molecule has 3 heteroatoms. The van der Waals surface area contributed by atoms with Crippen LogP contribution in [0.4, 0.5) is 0 Å². The maximum absolute atomic E-state index is 8.75. The van der Waals surface area contributed by atoms with Crippen LogP contribution in [0.5, 0.6) is 0 Å². The monoisotopic (exact) mass is 229 g/mol. The Kier molecular flexibility index (Phi) is 4.13. The number of nitrogens with one attached hydrogen (secondary N) is 1. The van der Waals surface area contributed by atoms with Crippen molar-refractivity contribution in [1.82, 2.24) is 10.2 Å². The van der Waals surface area contributed by atoms with Crippen LogP contribution in [-0.2, 0) is 0 Å². The van der Waals surface area contributed by atoms with Crippen molar-refractivity contribution in [2.75, 3.05) is 19.6 Å². The van der Waals surface area contributed by atoms with Crippen LogP contribution in [-0.4, -0.2) is 30.6 Å². The Morgan fingerprint density at radius 2 is 2.24 bits per heavy atom. The quantitative estimate of drug-likeness (QED) is 0.861. The van der Waals surface area contributed by atoms with Gasteiger partial charge in [0.25, 0.3) is 0 Å². The normalized spacial score (nSPS) is 22.9. The number of rotatable bonds is 3. The van der Waals surface area contributed by atoms with Gasteiger partial charge in [-0.25, -0.2) is 0 Å². The van der Waals surface area contributed by atoms with E-state index in [1.807, 2.05) is 6.07 Å². The summed E-state index contributed by atoms with van der Waals surface area (Å²) in [7, 11) is 0. The summed E-state index contributed by atoms with van der Waals surface area (Å²) in [6.45, 7) is 5.23. The van der Waals surface area contributed by atoms with Gasteiger partial charge >= 0.3 is 0 Å². The average Bonchev–Trinajstić information content (AvgIpc) is 2.40. The standard InChI is InChI=1S/C14H19N3/c1-12(13-5-3-2-4-6-13)17-10-9-16-14(11-17)7-8-15/h2-6,12,14,16H,7,9-11H2,1H3. The summed E-state index contributed by atoms with van der Waals surface area (Å²) in [6.07, 6.45) is 0.595. The van der Waals surface area contributed by atoms with Crippen molar-refractivity contribution in [2.45, 2.75) is 25.4 Å². The first-order valence-electron chi connectivity index (χ1n) is 6.20. The van der Waals surface area contributed by atoms with Gasteiger partial charge in [-0.3, -0.25) is 4.90 Å². The molecule has 90 valence electrons. The van der Waals surface area contributed by atoms with Gasteiger partial charge in [0.1, 0.15) is 0 Å². The third-order valence-corrected chi connectivity index (χ3v) is 3.45. The van der Waals surface area contributed by atoms with Crippen molar-refractivity contribution < 1.29 is 0 Å². The van der Waals surface area contributed by atoms with E-state index in [4.69, 9.17) is 5.26 Å². The summed E-state index contributed by atoms with van der Waals surface area (Å²) in [4.78, 5) is 2.45. The highest BCUT2D eigenvalue weighted by Crippen LogP contribution is 2.21. The number of benzene rings is 1. The fourth-order valence-electron chi connectivity index (χ4n) is 2.39. The highest BCUT2D eigenvalue weighted by atomic mass is 15.2. The zero-order valence-electron chi connectivity index (χ0n) is 10.3. The molecule has 0 saturated carbocycles. The second kappa shape index (κ2) is 5.81. The molecule has 2 unspecified atom stereocenters. The van der Waals surface area contributed by atoms with Gasteiger partial charge in [0.15, 0.2) is 0 Å². The highest BCUT2D eigenvalue weighted by molar-refractivity contribution is 5.18. The SMILES string of the molecule is CC(c1ccccc1)N1CCNC(CC#N)C1. The zero-order valence-corrected chi connectivity index (χ0v) is 10.3. The Bertz CT molecular complexity index is 382. The van der Waals surface area contributed by atoms with Crippen LogP contribution in [0.3, 0.4) is 0 Å². The van der Waals surface area contributed by atoms with Crippen LogP contribution in [0.1, 0.15) is 24.9 Å². The molecule has 0 aromatic heterocycles. The van der Waals surface area contributed by atoms with Crippen molar-refractivity contribution in [3.05, 3.63) is 35.9 Å². The third kappa shape index (κ3) is 3.06. The van der Waals surface area contributed by atoms with Crippen molar-refractivity contribution in [3.8, 4) is 6.07 Å². The lowest BCUT2D eigenvalue weighted by Crippen LogP contribution is -2.51. The summed E-state index contributed by atoms with van der Waals surface area (Å²) >= 11 is 0. The Labute approximate surface area is 103 Å². The first-order chi connectivity index (χ1) is 8.31. The van der Waals surface area contributed by atoms with E-state index in [9.17, 15) is 0 Å². The molecular weight excluding hydrogens is 210 g/mol. The van der Waals surface area contributed by atoms with Gasteiger partial charge in [0, 0.05) is 31.7 Å². The first-order valence-corrected chi connectivity index (χ1v) is 6.20. The lowest BCUT2D eigenvalue weighted by Gasteiger charge is -2.37. The highest BCUT2D eigenvalue weighted by Gasteiger charge is 2.23. The molecule has 0 spiro atoms. The molecule has 17 heavy (non-hydrogen) atoms. The van der Waals surface area contributed by atoms with Crippen LogP contribution in [0.2, 0.25) is 0 Å². The van der Waals surface area contributed by atoms with Gasteiger partial charge in [-0.15, -0.1) is 0 Å². The van der Waals surface area contributed by atoms with Gasteiger partial charge in [-0.1, -0.05) is 30.3 Å². The predicted molar refractivity (Wildman–Crippen MR) is 68.5 cm³/mol. The van der Waals surface area contributed by atoms with Gasteiger partial charge in [-0.2, -0.15) is 5.26 Å². The van der Waals surface area contributed by atoms with Gasteiger partial charge in [0.05, 0.1) is 12.5 Å². The molecule has 1 fully saturated rings. The van der Waals surface area contributed by atoms with Crippen LogP contribution in [0.15, 0.2) is 30.3 Å². The summed E-state index contributed by atoms with van der Waals surface area (Å²) in [5, 5.41) is 12.1. The van der Waals surface area contributed by atoms with Crippen molar-refractivity contribution in [2.24, 2.45) is 0 Å². The van der Waals surface area contributed by atoms with Gasteiger partial charge < -0.3 is 5.32 Å². The van der Waals surface area contributed by atoms with Crippen molar-refractivity contribution in [1.29, 1.82) is 5.26 Å². The number of hydrogen-bond acceptors (Lipinski definition) is 3. The number of nitrogens with zero attached hydrogens (tertiary/aromatic N) is 2. The van der Waals surface area contributed by atoms with Crippen LogP contribution in [0, 0.1) is 11.3 Å². The second-order valence-corrected chi connectivity index (χ2v) is 4.59. The Morgan fingerprint density at radius 1 is 1.47 bits per heavy atom. The molecule has 0 aliphatic carbocycles. The van der Waals surface area contributed by atoms with Gasteiger partial charge in [-0.05, 0) is 12.5 Å². The average molecular weight is 229 g/mol. The molecule has 1 aromatic carbocycles. The number of piperazine rings is 1. The molecule has 0 bridgehead atoms. The van der Waals surface area contributed by atoms with Crippen LogP contribution >= 0.6 is 0 Å². The number of nitriles is 1. The van der Waals surface area contributed by atoms with Crippen molar-refractivity contribution >= 4 is 0 Å². The fraction of sp³-hybridized carbons (Fsp3) is 0.500. The Hall–Kier alpha value is -1.37. The minimum absolute atomic E-state index is 0.319. The number of hydrogen-bond donors (Lipinski definition) is 1. The molecule has 1 heterocycles. The van der Waals surface area contributed by atoms with Gasteiger partial charge in [0.2, 0.25) is 0 Å². The second-order valence-electron chi connectivity index (χ2n) is 4.59. The lowest BCUT2D eigenvalue weighted by molar-refractivity contribution is 0.154. The van der Waals surface area contributed by atoms with Crippen molar-refractivity contribution in [3.63, 3.8) is 0 Å². The predicted octanol–water partition coefficient (Wildman–Crippen LogP) is 1.94. The molecule has 1 saturated heterocycles. The Balaban J connectivity index is 2.00. The zero-order chi connectivity index (χ0) is 12.1. The van der Waals surface area contributed by atoms with E-state index in [1.165, 1.54) is 5.56 Å². The molecule has 3 nitrogen and oxygen atoms in total. The maximum atomic E-state index is 8.75. The lowest BCUT2D eigenvalue weighted by atomic mass is 10.0. The largest absolute Gasteiger partial charge is 0.310 e. The van der Waals surface area contributed by atoms with E-state index in [-0.39, 0.29) is 0 Å². The van der Waals surface area contributed by atoms with Crippen LogP contribution in [0.25, 0.3) is 0 Å². The maximum Gasteiger partial charge on any atom is 0.0638 e. The molecule has 0 radical (unpaired) electrons. The minimum atomic E-state index is 0.319. The minimum Gasteiger partial charge on any atom is -0.310 e. The molecule has 1 N–H and O–H groups in total. The molecule has 0 amide bonds. The first kappa shape index (κ1) is 12.1. The van der Waals surface area contributed by atoms with E-state index >= 15 is 0 Å². The van der Waals surface area contributed by atoms with E-state index in [0.29, 0.717) is 18.5 Å². The molecule has 2 rings (SSSR count). The topological polar surface area (TPSA) is 39.1 Å². The Morgan fingerprint density at radius 3 is 2.94 bits per heavy atom. The summed E-state index contributed by atoms with van der Waals surface area (Å²) in [5.41, 5.74) is 1.35.